The molecular weight excluding hydrogens is 331 g/mol. The quantitative estimate of drug-likeness (QED) is 0.407. The molecule has 1 aliphatic heterocycles. The minimum atomic E-state index is -3.07. The Morgan fingerprint density at radius 1 is 0.760 bits per heavy atom. The molecule has 4 rings (SSSR count). The van der Waals surface area contributed by atoms with Gasteiger partial charge in [0.1, 0.15) is 5.75 Å². The standard InChI is InChI=1S/C21H17O3P/c22-21-15-20(18-13-7-8-14-19(18)24-21)25(23,16-9-3-1-4-10-16)17-11-5-2-6-12-17/h1-14,20H,15H2. The van der Waals surface area contributed by atoms with Crippen LogP contribution < -0.4 is 15.3 Å². The zero-order valence-electron chi connectivity index (χ0n) is 13.5. The molecule has 0 N–H and O–H groups in total. The Labute approximate surface area is 146 Å². The van der Waals surface area contributed by atoms with Crippen LogP contribution in [0.15, 0.2) is 84.9 Å². The van der Waals surface area contributed by atoms with Gasteiger partial charge in [-0.25, -0.2) is 0 Å². The summed E-state index contributed by atoms with van der Waals surface area (Å²) in [5.41, 5.74) is 0.410. The molecule has 1 atom stereocenters. The molecule has 0 fully saturated rings. The summed E-state index contributed by atoms with van der Waals surface area (Å²) in [7, 11) is -3.07. The minimum absolute atomic E-state index is 0.109. The van der Waals surface area contributed by atoms with E-state index in [0.29, 0.717) is 5.75 Å². The highest BCUT2D eigenvalue weighted by atomic mass is 31.2. The van der Waals surface area contributed by atoms with E-state index >= 15 is 0 Å². The smallest absolute Gasteiger partial charge is 0.312 e. The first-order valence-electron chi connectivity index (χ1n) is 8.20. The summed E-state index contributed by atoms with van der Waals surface area (Å²) in [6.07, 6.45) is 0.109. The third-order valence-corrected chi connectivity index (χ3v) is 8.05. The van der Waals surface area contributed by atoms with Crippen LogP contribution in [0.25, 0.3) is 0 Å². The van der Waals surface area contributed by atoms with Gasteiger partial charge in [0.2, 0.25) is 0 Å². The predicted octanol–water partition coefficient (Wildman–Crippen LogP) is 4.05. The van der Waals surface area contributed by atoms with E-state index in [4.69, 9.17) is 4.74 Å². The molecule has 0 amide bonds. The molecule has 0 bridgehead atoms. The second-order valence-corrected chi connectivity index (χ2v) is 9.03. The van der Waals surface area contributed by atoms with Gasteiger partial charge in [0.25, 0.3) is 0 Å². The van der Waals surface area contributed by atoms with E-state index in [0.717, 1.165) is 16.2 Å². The molecule has 0 radical (unpaired) electrons. The Bertz CT molecular complexity index is 908. The van der Waals surface area contributed by atoms with E-state index in [1.165, 1.54) is 0 Å². The maximum absolute atomic E-state index is 14.5. The number of esters is 1. The molecule has 0 spiro atoms. The number of rotatable bonds is 3. The first kappa shape index (κ1) is 15.9. The number of carbonyl (C=O) groups is 1. The molecule has 0 aliphatic carbocycles. The Hall–Kier alpha value is -2.64. The summed E-state index contributed by atoms with van der Waals surface area (Å²) >= 11 is 0. The average molecular weight is 348 g/mol. The van der Waals surface area contributed by atoms with Gasteiger partial charge in [0.05, 0.1) is 12.1 Å². The Morgan fingerprint density at radius 3 is 1.88 bits per heavy atom. The van der Waals surface area contributed by atoms with Crippen molar-refractivity contribution in [2.45, 2.75) is 12.1 Å². The topological polar surface area (TPSA) is 43.4 Å². The highest BCUT2D eigenvalue weighted by Crippen LogP contribution is 2.61. The summed E-state index contributed by atoms with van der Waals surface area (Å²) in [6, 6.07) is 26.3. The van der Waals surface area contributed by atoms with Crippen molar-refractivity contribution in [1.29, 1.82) is 0 Å². The van der Waals surface area contributed by atoms with Crippen molar-refractivity contribution in [3.8, 4) is 5.75 Å². The molecule has 3 nitrogen and oxygen atoms in total. The van der Waals surface area contributed by atoms with Crippen molar-refractivity contribution in [2.75, 3.05) is 0 Å². The molecule has 1 heterocycles. The normalized spacial score (nSPS) is 16.8. The first-order valence-corrected chi connectivity index (χ1v) is 9.98. The van der Waals surface area contributed by atoms with Crippen LogP contribution in [0.3, 0.4) is 0 Å². The number of hydrogen-bond donors (Lipinski definition) is 0. The molecule has 4 heteroatoms. The second-order valence-electron chi connectivity index (χ2n) is 6.06. The van der Waals surface area contributed by atoms with Crippen LogP contribution in [0, 0.1) is 0 Å². The monoisotopic (exact) mass is 348 g/mol. The van der Waals surface area contributed by atoms with Crippen LogP contribution in [0.1, 0.15) is 17.6 Å². The van der Waals surface area contributed by atoms with Gasteiger partial charge in [0, 0.05) is 16.2 Å². The van der Waals surface area contributed by atoms with Crippen LogP contribution in [-0.2, 0) is 9.36 Å². The van der Waals surface area contributed by atoms with E-state index < -0.39 is 12.8 Å². The van der Waals surface area contributed by atoms with Crippen LogP contribution >= 0.6 is 7.14 Å². The van der Waals surface area contributed by atoms with Crippen molar-refractivity contribution in [2.24, 2.45) is 0 Å². The summed E-state index contributed by atoms with van der Waals surface area (Å²) in [4.78, 5) is 12.2. The third-order valence-electron chi connectivity index (χ3n) is 4.58. The van der Waals surface area contributed by atoms with E-state index in [1.54, 1.807) is 6.07 Å². The molecule has 1 unspecified atom stereocenters. The highest BCUT2D eigenvalue weighted by molar-refractivity contribution is 7.79. The van der Waals surface area contributed by atoms with Gasteiger partial charge in [-0.1, -0.05) is 78.9 Å². The zero-order valence-corrected chi connectivity index (χ0v) is 14.4. The van der Waals surface area contributed by atoms with Gasteiger partial charge >= 0.3 is 5.97 Å². The second kappa shape index (κ2) is 6.34. The molecule has 3 aromatic rings. The van der Waals surface area contributed by atoms with Crippen molar-refractivity contribution in [3.63, 3.8) is 0 Å². The molecule has 1 aliphatic rings. The summed E-state index contributed by atoms with van der Waals surface area (Å²) < 4.78 is 19.8. The fourth-order valence-electron chi connectivity index (χ4n) is 3.41. The molecule has 124 valence electrons. The molecule has 0 aromatic heterocycles. The molecule has 3 aromatic carbocycles. The Kier molecular flexibility index (Phi) is 4.03. The average Bonchev–Trinajstić information content (AvgIpc) is 2.68. The van der Waals surface area contributed by atoms with Gasteiger partial charge in [-0.05, 0) is 6.07 Å². The van der Waals surface area contributed by atoms with Crippen LogP contribution in [0.5, 0.6) is 5.75 Å². The lowest BCUT2D eigenvalue weighted by molar-refractivity contribution is -0.135. The van der Waals surface area contributed by atoms with Crippen molar-refractivity contribution in [3.05, 3.63) is 90.5 Å². The summed E-state index contributed by atoms with van der Waals surface area (Å²) in [6.45, 7) is 0. The van der Waals surface area contributed by atoms with E-state index in [-0.39, 0.29) is 12.4 Å². The molecular formula is C21H17O3P. The van der Waals surface area contributed by atoms with Crippen molar-refractivity contribution >= 4 is 23.7 Å². The minimum Gasteiger partial charge on any atom is -0.426 e. The van der Waals surface area contributed by atoms with E-state index in [1.807, 2.05) is 78.9 Å². The number of ether oxygens (including phenoxy) is 1. The number of para-hydroxylation sites is 1. The SMILES string of the molecule is O=C1CC(P(=O)(c2ccccc2)c2ccccc2)c2ccccc2O1. The van der Waals surface area contributed by atoms with Gasteiger partial charge in [-0.2, -0.15) is 0 Å². The molecule has 25 heavy (non-hydrogen) atoms. The van der Waals surface area contributed by atoms with Gasteiger partial charge < -0.3 is 9.30 Å². The van der Waals surface area contributed by atoms with Crippen molar-refractivity contribution < 1.29 is 14.1 Å². The lowest BCUT2D eigenvalue weighted by atomic mass is 10.1. The lowest BCUT2D eigenvalue weighted by Gasteiger charge is -2.32. The molecule has 0 saturated heterocycles. The Balaban J connectivity index is 1.97. The number of carbonyl (C=O) groups excluding carboxylic acids is 1. The maximum Gasteiger partial charge on any atom is 0.312 e. The number of benzene rings is 3. The largest absolute Gasteiger partial charge is 0.426 e. The zero-order chi connectivity index (χ0) is 17.3. The number of fused-ring (bicyclic) bond motifs is 1. The van der Waals surface area contributed by atoms with E-state index in [9.17, 15) is 9.36 Å². The van der Waals surface area contributed by atoms with Gasteiger partial charge in [-0.15, -0.1) is 0 Å². The third kappa shape index (κ3) is 2.71. The lowest BCUT2D eigenvalue weighted by Crippen LogP contribution is -2.27. The van der Waals surface area contributed by atoms with E-state index in [2.05, 4.69) is 0 Å². The van der Waals surface area contributed by atoms with Gasteiger partial charge in [-0.3, -0.25) is 4.79 Å². The molecule has 0 saturated carbocycles. The number of hydrogen-bond acceptors (Lipinski definition) is 3. The Morgan fingerprint density at radius 2 is 1.28 bits per heavy atom. The highest BCUT2D eigenvalue weighted by Gasteiger charge is 2.42. The van der Waals surface area contributed by atoms with Crippen LogP contribution in [-0.4, -0.2) is 5.97 Å². The fourth-order valence-corrected chi connectivity index (χ4v) is 6.67. The van der Waals surface area contributed by atoms with Crippen molar-refractivity contribution in [1.82, 2.24) is 0 Å². The maximum atomic E-state index is 14.5. The van der Waals surface area contributed by atoms with Crippen LogP contribution in [0.4, 0.5) is 0 Å². The predicted molar refractivity (Wildman–Crippen MR) is 99.2 cm³/mol. The van der Waals surface area contributed by atoms with Crippen LogP contribution in [0.2, 0.25) is 0 Å². The first-order chi connectivity index (χ1) is 12.2. The summed E-state index contributed by atoms with van der Waals surface area (Å²) in [5, 5.41) is 1.52. The summed E-state index contributed by atoms with van der Waals surface area (Å²) in [5.74, 6) is 0.173. The van der Waals surface area contributed by atoms with Gasteiger partial charge in [0.15, 0.2) is 7.14 Å². The fraction of sp³-hybridized carbons (Fsp3) is 0.0952.